The maximum absolute atomic E-state index is 6.08. The van der Waals surface area contributed by atoms with E-state index in [9.17, 15) is 0 Å². The molecule has 82 valence electrons. The van der Waals surface area contributed by atoms with Gasteiger partial charge in [0.2, 0.25) is 0 Å². The lowest BCUT2D eigenvalue weighted by Crippen LogP contribution is -2.21. The zero-order chi connectivity index (χ0) is 10.8. The first kappa shape index (κ1) is 10.7. The van der Waals surface area contributed by atoms with E-state index in [2.05, 4.69) is 32.0 Å². The van der Waals surface area contributed by atoms with Crippen LogP contribution in [0.2, 0.25) is 0 Å². The molecular weight excluding hydrogens is 182 g/mol. The lowest BCUT2D eigenvalue weighted by Gasteiger charge is -2.12. The van der Waals surface area contributed by atoms with E-state index < -0.39 is 0 Å². The summed E-state index contributed by atoms with van der Waals surface area (Å²) in [6.45, 7) is 4.50. The molecule has 1 aromatic rings. The summed E-state index contributed by atoms with van der Waals surface area (Å²) < 4.78 is 0. The van der Waals surface area contributed by atoms with Crippen LogP contribution in [0.1, 0.15) is 49.3 Å². The molecule has 1 heteroatoms. The van der Waals surface area contributed by atoms with Crippen molar-refractivity contribution < 1.29 is 0 Å². The molecule has 1 nitrogen and oxygen atoms in total. The Labute approximate surface area is 92.7 Å². The van der Waals surface area contributed by atoms with Crippen molar-refractivity contribution in [2.75, 3.05) is 0 Å². The van der Waals surface area contributed by atoms with Crippen LogP contribution in [0.3, 0.4) is 0 Å². The molecule has 0 aliphatic heterocycles. The molecule has 15 heavy (non-hydrogen) atoms. The zero-order valence-corrected chi connectivity index (χ0v) is 9.79. The summed E-state index contributed by atoms with van der Waals surface area (Å²) in [5, 5.41) is 0. The number of nitrogens with two attached hydrogens (primary N) is 1. The Morgan fingerprint density at radius 3 is 2.80 bits per heavy atom. The fourth-order valence-corrected chi connectivity index (χ4v) is 2.38. The third-order valence-corrected chi connectivity index (χ3v) is 3.40. The molecule has 2 rings (SSSR count). The maximum atomic E-state index is 6.08. The highest BCUT2D eigenvalue weighted by molar-refractivity contribution is 5.35. The second-order valence-electron chi connectivity index (χ2n) is 5.04. The first-order valence-corrected chi connectivity index (χ1v) is 6.04. The fourth-order valence-electron chi connectivity index (χ4n) is 2.38. The molecule has 0 amide bonds. The van der Waals surface area contributed by atoms with Gasteiger partial charge in [-0.1, -0.05) is 32.0 Å². The molecular formula is C14H21N. The third kappa shape index (κ3) is 2.40. The van der Waals surface area contributed by atoms with Crippen molar-refractivity contribution >= 4 is 0 Å². The highest BCUT2D eigenvalue weighted by Gasteiger charge is 2.14. The standard InChI is InChI=1S/C14H21N/c1-10(2)12-7-6-11-4-3-5-14(15)9-13(11)8-12/h6-8,10,14H,3-5,9,15H2,1-2H3. The van der Waals surface area contributed by atoms with Crippen LogP contribution in [-0.2, 0) is 12.8 Å². The van der Waals surface area contributed by atoms with Gasteiger partial charge in [-0.15, -0.1) is 0 Å². The minimum Gasteiger partial charge on any atom is -0.327 e. The number of aryl methyl sites for hydroxylation is 1. The number of rotatable bonds is 1. The third-order valence-electron chi connectivity index (χ3n) is 3.40. The Kier molecular flexibility index (Phi) is 3.11. The van der Waals surface area contributed by atoms with Crippen molar-refractivity contribution in [1.29, 1.82) is 0 Å². The Morgan fingerprint density at radius 1 is 1.27 bits per heavy atom. The molecule has 1 aliphatic rings. The second-order valence-corrected chi connectivity index (χ2v) is 5.04. The van der Waals surface area contributed by atoms with E-state index in [1.165, 1.54) is 36.0 Å². The van der Waals surface area contributed by atoms with Crippen molar-refractivity contribution in [3.63, 3.8) is 0 Å². The number of hydrogen-bond donors (Lipinski definition) is 1. The summed E-state index contributed by atoms with van der Waals surface area (Å²) in [4.78, 5) is 0. The van der Waals surface area contributed by atoms with Gasteiger partial charge in [0.05, 0.1) is 0 Å². The van der Waals surface area contributed by atoms with Crippen LogP contribution >= 0.6 is 0 Å². The maximum Gasteiger partial charge on any atom is 0.00795 e. The van der Waals surface area contributed by atoms with Gasteiger partial charge in [0, 0.05) is 6.04 Å². The van der Waals surface area contributed by atoms with Crippen LogP contribution in [0, 0.1) is 0 Å². The van der Waals surface area contributed by atoms with E-state index >= 15 is 0 Å². The number of hydrogen-bond acceptors (Lipinski definition) is 1. The van der Waals surface area contributed by atoms with Gasteiger partial charge in [-0.25, -0.2) is 0 Å². The first-order chi connectivity index (χ1) is 7.16. The molecule has 1 unspecified atom stereocenters. The molecule has 1 aromatic carbocycles. The summed E-state index contributed by atoms with van der Waals surface area (Å²) in [6.07, 6.45) is 4.69. The predicted octanol–water partition coefficient (Wildman–Crippen LogP) is 3.02. The Hall–Kier alpha value is -0.820. The van der Waals surface area contributed by atoms with Gasteiger partial charge in [-0.2, -0.15) is 0 Å². The van der Waals surface area contributed by atoms with Crippen LogP contribution in [0.25, 0.3) is 0 Å². The number of fused-ring (bicyclic) bond motifs is 1. The predicted molar refractivity (Wildman–Crippen MR) is 65.1 cm³/mol. The Bertz CT molecular complexity index is 341. The SMILES string of the molecule is CC(C)c1ccc2c(c1)CC(N)CCC2. The van der Waals surface area contributed by atoms with Crippen molar-refractivity contribution in [2.24, 2.45) is 5.73 Å². The lowest BCUT2D eigenvalue weighted by atomic mass is 9.94. The lowest BCUT2D eigenvalue weighted by molar-refractivity contribution is 0.603. The second kappa shape index (κ2) is 4.36. The molecule has 0 aromatic heterocycles. The quantitative estimate of drug-likeness (QED) is 0.698. The van der Waals surface area contributed by atoms with Gasteiger partial charge in [0.1, 0.15) is 0 Å². The molecule has 0 radical (unpaired) electrons. The summed E-state index contributed by atoms with van der Waals surface area (Å²) in [5.74, 6) is 0.620. The average Bonchev–Trinajstić information content (AvgIpc) is 2.37. The summed E-state index contributed by atoms with van der Waals surface area (Å²) >= 11 is 0. The highest BCUT2D eigenvalue weighted by Crippen LogP contribution is 2.24. The normalized spacial score (nSPS) is 21.2. The summed E-state index contributed by atoms with van der Waals surface area (Å²) in [5.41, 5.74) is 10.5. The molecule has 0 fully saturated rings. The molecule has 2 N–H and O–H groups in total. The molecule has 0 saturated carbocycles. The first-order valence-electron chi connectivity index (χ1n) is 6.04. The topological polar surface area (TPSA) is 26.0 Å². The smallest absolute Gasteiger partial charge is 0.00795 e. The Balaban J connectivity index is 2.33. The largest absolute Gasteiger partial charge is 0.327 e. The van der Waals surface area contributed by atoms with Gasteiger partial charge in [0.25, 0.3) is 0 Å². The van der Waals surface area contributed by atoms with Gasteiger partial charge in [-0.3, -0.25) is 0 Å². The fraction of sp³-hybridized carbons (Fsp3) is 0.571. The van der Waals surface area contributed by atoms with E-state index in [1.807, 2.05) is 0 Å². The van der Waals surface area contributed by atoms with Crippen molar-refractivity contribution in [1.82, 2.24) is 0 Å². The molecule has 0 heterocycles. The zero-order valence-electron chi connectivity index (χ0n) is 9.79. The highest BCUT2D eigenvalue weighted by atomic mass is 14.6. The molecule has 0 spiro atoms. The molecule has 1 atom stereocenters. The minimum atomic E-state index is 0.369. The minimum absolute atomic E-state index is 0.369. The average molecular weight is 203 g/mol. The summed E-state index contributed by atoms with van der Waals surface area (Å²) in [6, 6.07) is 7.32. The number of benzene rings is 1. The van der Waals surface area contributed by atoms with Crippen molar-refractivity contribution in [2.45, 2.75) is 51.5 Å². The molecule has 1 aliphatic carbocycles. The van der Waals surface area contributed by atoms with E-state index in [-0.39, 0.29) is 0 Å². The van der Waals surface area contributed by atoms with Crippen LogP contribution in [0.5, 0.6) is 0 Å². The van der Waals surface area contributed by atoms with Crippen LogP contribution in [-0.4, -0.2) is 6.04 Å². The summed E-state index contributed by atoms with van der Waals surface area (Å²) in [7, 11) is 0. The van der Waals surface area contributed by atoms with Gasteiger partial charge in [0.15, 0.2) is 0 Å². The van der Waals surface area contributed by atoms with Crippen LogP contribution in [0.15, 0.2) is 18.2 Å². The van der Waals surface area contributed by atoms with Crippen LogP contribution in [0.4, 0.5) is 0 Å². The van der Waals surface area contributed by atoms with Crippen LogP contribution < -0.4 is 5.73 Å². The Morgan fingerprint density at radius 2 is 2.07 bits per heavy atom. The molecule has 0 bridgehead atoms. The monoisotopic (exact) mass is 203 g/mol. The van der Waals surface area contributed by atoms with Crippen molar-refractivity contribution in [3.8, 4) is 0 Å². The van der Waals surface area contributed by atoms with E-state index in [4.69, 9.17) is 5.73 Å². The van der Waals surface area contributed by atoms with E-state index in [0.29, 0.717) is 12.0 Å². The van der Waals surface area contributed by atoms with Gasteiger partial charge < -0.3 is 5.73 Å². The molecule has 0 saturated heterocycles. The van der Waals surface area contributed by atoms with E-state index in [1.54, 1.807) is 0 Å². The van der Waals surface area contributed by atoms with Gasteiger partial charge >= 0.3 is 0 Å². The van der Waals surface area contributed by atoms with Gasteiger partial charge in [-0.05, 0) is 48.3 Å². The van der Waals surface area contributed by atoms with Crippen molar-refractivity contribution in [3.05, 3.63) is 34.9 Å². The van der Waals surface area contributed by atoms with E-state index in [0.717, 1.165) is 6.42 Å².